The molecule has 0 spiro atoms. The summed E-state index contributed by atoms with van der Waals surface area (Å²) in [5.74, 6) is 0. The van der Waals surface area contributed by atoms with Gasteiger partial charge in [-0.15, -0.1) is 0 Å². The minimum absolute atomic E-state index is 0.215. The molecule has 2 atom stereocenters. The third-order valence-corrected chi connectivity index (χ3v) is 11.2. The van der Waals surface area contributed by atoms with E-state index in [0.717, 1.165) is 19.3 Å². The van der Waals surface area contributed by atoms with E-state index in [0.29, 0.717) is 32.7 Å². The van der Waals surface area contributed by atoms with Crippen molar-refractivity contribution in [3.05, 3.63) is 80.5 Å². The van der Waals surface area contributed by atoms with Crippen molar-refractivity contribution in [1.29, 1.82) is 0 Å². The molecule has 1 fully saturated rings. The fourth-order valence-corrected chi connectivity index (χ4v) is 9.00. The maximum Gasteiger partial charge on any atom is 0.202 e. The zero-order valence-electron chi connectivity index (χ0n) is 16.5. The Labute approximate surface area is 192 Å². The maximum atomic E-state index is 13.3. The van der Waals surface area contributed by atoms with E-state index in [1.54, 1.807) is 24.3 Å². The first kappa shape index (κ1) is 21.3. The van der Waals surface area contributed by atoms with Crippen LogP contribution in [0, 0.1) is 10.8 Å². The monoisotopic (exact) mass is 494 g/mol. The molecule has 0 saturated heterocycles. The lowest BCUT2D eigenvalue weighted by atomic mass is 9.70. The van der Waals surface area contributed by atoms with Gasteiger partial charge in [0.25, 0.3) is 0 Å². The van der Waals surface area contributed by atoms with Gasteiger partial charge in [-0.3, -0.25) is 0 Å². The number of hydrogen-bond donors (Lipinski definition) is 0. The smallest absolute Gasteiger partial charge is 0.202 e. The van der Waals surface area contributed by atoms with Gasteiger partial charge < -0.3 is 0 Å². The molecule has 1 saturated carbocycles. The molecule has 3 aliphatic carbocycles. The highest BCUT2D eigenvalue weighted by molar-refractivity contribution is 7.95. The molecule has 0 aromatic heterocycles. The third-order valence-electron chi connectivity index (χ3n) is 7.03. The minimum Gasteiger partial charge on any atom is -0.219 e. The fraction of sp³-hybridized carbons (Fsp3) is 0.304. The van der Waals surface area contributed by atoms with Gasteiger partial charge in [-0.1, -0.05) is 41.8 Å². The van der Waals surface area contributed by atoms with Gasteiger partial charge in [0.2, 0.25) is 19.7 Å². The molecule has 162 valence electrons. The standard InChI is InChI=1S/C23H20Cl2O4S2/c24-16-2-6-18(7-3-16)30(26,27)20-12-22-10-1-11-23(22,13-20)15-21(14-22)31(28,29)19-8-4-17(25)5-9-19/h2-9,12,15H,1,10-11,13-14H2/t22-,23+/m0/s1. The number of hydrogen-bond acceptors (Lipinski definition) is 4. The van der Waals surface area contributed by atoms with Crippen molar-refractivity contribution < 1.29 is 16.8 Å². The quantitative estimate of drug-likeness (QED) is 0.524. The summed E-state index contributed by atoms with van der Waals surface area (Å²) in [5.41, 5.74) is -0.923. The van der Waals surface area contributed by atoms with Crippen LogP contribution in [0.1, 0.15) is 32.1 Å². The number of halogens is 2. The Morgan fingerprint density at radius 2 is 0.968 bits per heavy atom. The first-order valence-corrected chi connectivity index (χ1v) is 13.8. The Morgan fingerprint density at radius 1 is 0.613 bits per heavy atom. The van der Waals surface area contributed by atoms with E-state index in [4.69, 9.17) is 23.2 Å². The number of sulfone groups is 2. The second kappa shape index (κ2) is 6.95. The SMILES string of the molecule is O=S(=O)(C1=C[C@]23CCC[C@]2(C=C(S(=O)(=O)c2ccc(Cl)cc2)C3)C1)c1ccc(Cl)cc1. The molecule has 0 heterocycles. The zero-order valence-corrected chi connectivity index (χ0v) is 19.7. The Morgan fingerprint density at radius 3 is 1.32 bits per heavy atom. The van der Waals surface area contributed by atoms with Gasteiger partial charge in [0.05, 0.1) is 9.79 Å². The van der Waals surface area contributed by atoms with Crippen LogP contribution in [-0.4, -0.2) is 16.8 Å². The number of allylic oxidation sites excluding steroid dienone is 4. The first-order valence-electron chi connectivity index (χ1n) is 10.0. The van der Waals surface area contributed by atoms with Crippen molar-refractivity contribution in [2.24, 2.45) is 10.8 Å². The van der Waals surface area contributed by atoms with E-state index in [9.17, 15) is 16.8 Å². The highest BCUT2D eigenvalue weighted by Crippen LogP contribution is 2.70. The van der Waals surface area contributed by atoms with Crippen molar-refractivity contribution in [2.45, 2.75) is 41.9 Å². The molecule has 0 N–H and O–H groups in total. The third kappa shape index (κ3) is 3.14. The van der Waals surface area contributed by atoms with Crippen molar-refractivity contribution in [3.63, 3.8) is 0 Å². The summed E-state index contributed by atoms with van der Waals surface area (Å²) in [5, 5.41) is 0.954. The molecule has 5 rings (SSSR count). The van der Waals surface area contributed by atoms with Gasteiger partial charge in [0.15, 0.2) is 0 Å². The first-order chi connectivity index (χ1) is 14.6. The molecule has 4 nitrogen and oxygen atoms in total. The topological polar surface area (TPSA) is 68.3 Å². The largest absolute Gasteiger partial charge is 0.219 e. The van der Waals surface area contributed by atoms with E-state index in [2.05, 4.69) is 0 Å². The molecule has 8 heteroatoms. The second-order valence-corrected chi connectivity index (χ2v) is 13.5. The summed E-state index contributed by atoms with van der Waals surface area (Å²) in [6.07, 6.45) is 6.88. The number of benzene rings is 2. The normalized spacial score (nSPS) is 27.5. The summed E-state index contributed by atoms with van der Waals surface area (Å²) in [4.78, 5) is 1.20. The highest BCUT2D eigenvalue weighted by atomic mass is 35.5. The van der Waals surface area contributed by atoms with E-state index in [-0.39, 0.29) is 9.79 Å². The van der Waals surface area contributed by atoms with E-state index in [1.165, 1.54) is 24.3 Å². The van der Waals surface area contributed by atoms with Crippen LogP contribution < -0.4 is 0 Å². The van der Waals surface area contributed by atoms with Crippen LogP contribution in [0.5, 0.6) is 0 Å². The lowest BCUT2D eigenvalue weighted by Crippen LogP contribution is -2.26. The molecule has 0 unspecified atom stereocenters. The molecule has 31 heavy (non-hydrogen) atoms. The highest BCUT2D eigenvalue weighted by Gasteiger charge is 2.62. The summed E-state index contributed by atoms with van der Waals surface area (Å²) < 4.78 is 53.1. The molecule has 2 aromatic rings. The lowest BCUT2D eigenvalue weighted by Gasteiger charge is -2.32. The Bertz CT molecular complexity index is 1240. The van der Waals surface area contributed by atoms with Crippen LogP contribution in [-0.2, 0) is 19.7 Å². The van der Waals surface area contributed by atoms with Crippen LogP contribution >= 0.6 is 23.2 Å². The number of rotatable bonds is 4. The van der Waals surface area contributed by atoms with Crippen molar-refractivity contribution in [1.82, 2.24) is 0 Å². The van der Waals surface area contributed by atoms with Crippen LogP contribution in [0.2, 0.25) is 10.0 Å². The van der Waals surface area contributed by atoms with Gasteiger partial charge in [-0.2, -0.15) is 0 Å². The van der Waals surface area contributed by atoms with Crippen LogP contribution in [0.25, 0.3) is 0 Å². The van der Waals surface area contributed by atoms with E-state index in [1.807, 2.05) is 12.2 Å². The fourth-order valence-electron chi connectivity index (χ4n) is 5.50. The van der Waals surface area contributed by atoms with Gasteiger partial charge >= 0.3 is 0 Å². The Balaban J connectivity index is 1.53. The van der Waals surface area contributed by atoms with Crippen LogP contribution in [0.4, 0.5) is 0 Å². The molecular weight excluding hydrogens is 475 g/mol. The van der Waals surface area contributed by atoms with Gasteiger partial charge in [0.1, 0.15) is 0 Å². The van der Waals surface area contributed by atoms with E-state index >= 15 is 0 Å². The van der Waals surface area contributed by atoms with Crippen LogP contribution in [0.3, 0.4) is 0 Å². The van der Waals surface area contributed by atoms with Gasteiger partial charge in [-0.25, -0.2) is 16.8 Å². The Hall–Kier alpha value is -1.60. The molecule has 3 aliphatic rings. The molecule has 0 radical (unpaired) electrons. The van der Waals surface area contributed by atoms with E-state index < -0.39 is 30.5 Å². The van der Waals surface area contributed by atoms with Crippen LogP contribution in [0.15, 0.2) is 80.3 Å². The second-order valence-electron chi connectivity index (χ2n) is 8.66. The molecule has 0 aliphatic heterocycles. The molecular formula is C23H20Cl2O4S2. The average molecular weight is 495 g/mol. The van der Waals surface area contributed by atoms with Crippen molar-refractivity contribution in [2.75, 3.05) is 0 Å². The lowest BCUT2D eigenvalue weighted by molar-refractivity contribution is 0.230. The van der Waals surface area contributed by atoms with Crippen molar-refractivity contribution >= 4 is 42.9 Å². The van der Waals surface area contributed by atoms with Gasteiger partial charge in [0, 0.05) is 30.7 Å². The summed E-state index contributed by atoms with van der Waals surface area (Å²) in [7, 11) is -7.30. The predicted molar refractivity (Wildman–Crippen MR) is 121 cm³/mol. The van der Waals surface area contributed by atoms with Crippen molar-refractivity contribution in [3.8, 4) is 0 Å². The molecule has 2 aromatic carbocycles. The maximum absolute atomic E-state index is 13.3. The average Bonchev–Trinajstić information content (AvgIpc) is 3.29. The minimum atomic E-state index is -3.65. The Kier molecular flexibility index (Phi) is 4.76. The summed E-state index contributed by atoms with van der Waals surface area (Å²) >= 11 is 11.8. The summed E-state index contributed by atoms with van der Waals surface area (Å²) in [6, 6.07) is 12.3. The predicted octanol–water partition coefficient (Wildman–Crippen LogP) is 5.97. The molecule has 0 bridgehead atoms. The summed E-state index contributed by atoms with van der Waals surface area (Å²) in [6.45, 7) is 0. The van der Waals surface area contributed by atoms with Gasteiger partial charge in [-0.05, 0) is 74.2 Å². The molecule has 0 amide bonds. The zero-order chi connectivity index (χ0) is 22.1.